The Kier molecular flexibility index (Phi) is 4.33. The van der Waals surface area contributed by atoms with Crippen molar-refractivity contribution in [3.8, 4) is 11.3 Å². The molecule has 0 amide bonds. The van der Waals surface area contributed by atoms with Gasteiger partial charge in [0.15, 0.2) is 0 Å². The van der Waals surface area contributed by atoms with Crippen LogP contribution in [0.15, 0.2) is 24.4 Å². The lowest BCUT2D eigenvalue weighted by molar-refractivity contribution is 0.674. The zero-order valence-electron chi connectivity index (χ0n) is 10.7. The minimum atomic E-state index is 0.727. The van der Waals surface area contributed by atoms with Gasteiger partial charge in [-0.05, 0) is 30.7 Å². The summed E-state index contributed by atoms with van der Waals surface area (Å²) in [6, 6.07) is 5.92. The zero-order valence-corrected chi connectivity index (χ0v) is 11.4. The van der Waals surface area contributed by atoms with E-state index >= 15 is 0 Å². The Labute approximate surface area is 112 Å². The summed E-state index contributed by atoms with van der Waals surface area (Å²) in [6.45, 7) is 3.98. The second-order valence-corrected chi connectivity index (χ2v) is 4.66. The van der Waals surface area contributed by atoms with Gasteiger partial charge in [-0.15, -0.1) is 5.10 Å². The smallest absolute Gasteiger partial charge is 0.0885 e. The van der Waals surface area contributed by atoms with Gasteiger partial charge in [0.05, 0.1) is 11.9 Å². The van der Waals surface area contributed by atoms with Crippen LogP contribution in [0, 0.1) is 0 Å². The molecule has 0 aliphatic carbocycles. The summed E-state index contributed by atoms with van der Waals surface area (Å²) < 4.78 is 1.76. The van der Waals surface area contributed by atoms with Crippen LogP contribution in [0.2, 0.25) is 5.02 Å². The molecule has 1 heterocycles. The molecule has 2 aromatic rings. The van der Waals surface area contributed by atoms with Gasteiger partial charge >= 0.3 is 0 Å². The van der Waals surface area contributed by atoms with Crippen LogP contribution in [0.1, 0.15) is 18.9 Å². The molecule has 0 unspecified atom stereocenters. The van der Waals surface area contributed by atoms with E-state index < -0.39 is 0 Å². The number of hydrogen-bond donors (Lipinski definition) is 1. The lowest BCUT2D eigenvalue weighted by Gasteiger charge is -2.10. The van der Waals surface area contributed by atoms with Crippen molar-refractivity contribution < 1.29 is 0 Å². The van der Waals surface area contributed by atoms with Crippen molar-refractivity contribution in [3.63, 3.8) is 0 Å². The molecule has 0 aliphatic heterocycles. The molecule has 1 N–H and O–H groups in total. The maximum Gasteiger partial charge on any atom is 0.0885 e. The van der Waals surface area contributed by atoms with Gasteiger partial charge in [0.25, 0.3) is 0 Å². The highest BCUT2D eigenvalue weighted by atomic mass is 35.5. The molecule has 5 heteroatoms. The second kappa shape index (κ2) is 5.98. The first-order valence-electron chi connectivity index (χ1n) is 6.06. The van der Waals surface area contributed by atoms with E-state index in [1.807, 2.05) is 25.2 Å². The minimum Gasteiger partial charge on any atom is -0.313 e. The Morgan fingerprint density at radius 3 is 2.89 bits per heavy atom. The largest absolute Gasteiger partial charge is 0.313 e. The molecule has 0 radical (unpaired) electrons. The number of aromatic nitrogens is 3. The van der Waals surface area contributed by atoms with Crippen molar-refractivity contribution in [1.82, 2.24) is 20.3 Å². The number of nitrogens with zero attached hydrogens (tertiary/aromatic N) is 3. The van der Waals surface area contributed by atoms with Gasteiger partial charge in [-0.3, -0.25) is 0 Å². The van der Waals surface area contributed by atoms with Crippen LogP contribution in [0.3, 0.4) is 0 Å². The van der Waals surface area contributed by atoms with Crippen LogP contribution >= 0.6 is 11.6 Å². The van der Waals surface area contributed by atoms with Crippen LogP contribution in [0.5, 0.6) is 0 Å². The Morgan fingerprint density at radius 2 is 2.22 bits per heavy atom. The fourth-order valence-corrected chi connectivity index (χ4v) is 2.05. The van der Waals surface area contributed by atoms with E-state index in [1.165, 1.54) is 5.56 Å². The summed E-state index contributed by atoms with van der Waals surface area (Å²) in [5.74, 6) is 0. The number of hydrogen-bond acceptors (Lipinski definition) is 3. The van der Waals surface area contributed by atoms with E-state index in [1.54, 1.807) is 10.9 Å². The highest BCUT2D eigenvalue weighted by Gasteiger charge is 2.09. The lowest BCUT2D eigenvalue weighted by atomic mass is 10.0. The van der Waals surface area contributed by atoms with Gasteiger partial charge in [0.2, 0.25) is 0 Å². The minimum absolute atomic E-state index is 0.727. The van der Waals surface area contributed by atoms with E-state index in [-0.39, 0.29) is 0 Å². The van der Waals surface area contributed by atoms with Crippen molar-refractivity contribution in [2.24, 2.45) is 7.05 Å². The van der Waals surface area contributed by atoms with E-state index in [2.05, 4.69) is 22.6 Å². The molecule has 0 spiro atoms. The highest BCUT2D eigenvalue weighted by molar-refractivity contribution is 6.30. The van der Waals surface area contributed by atoms with Crippen molar-refractivity contribution in [2.75, 3.05) is 6.54 Å². The summed E-state index contributed by atoms with van der Waals surface area (Å²) >= 11 is 6.08. The molecule has 0 aliphatic rings. The first-order chi connectivity index (χ1) is 8.72. The molecule has 4 nitrogen and oxygen atoms in total. The SMILES string of the molecule is CCCNCc1ccc(Cl)cc1-c1cnnn1C. The summed E-state index contributed by atoms with van der Waals surface area (Å²) in [7, 11) is 1.88. The average molecular weight is 265 g/mol. The topological polar surface area (TPSA) is 42.7 Å². The molecule has 0 bridgehead atoms. The lowest BCUT2D eigenvalue weighted by Crippen LogP contribution is -2.14. The van der Waals surface area contributed by atoms with Crippen molar-refractivity contribution in [1.29, 1.82) is 0 Å². The van der Waals surface area contributed by atoms with Gasteiger partial charge in [-0.2, -0.15) is 0 Å². The van der Waals surface area contributed by atoms with Crippen LogP contribution in [-0.2, 0) is 13.6 Å². The highest BCUT2D eigenvalue weighted by Crippen LogP contribution is 2.26. The number of nitrogens with one attached hydrogen (secondary N) is 1. The molecular formula is C13H17ClN4. The molecular weight excluding hydrogens is 248 g/mol. The molecule has 18 heavy (non-hydrogen) atoms. The van der Waals surface area contributed by atoms with Crippen LogP contribution in [0.4, 0.5) is 0 Å². The number of rotatable bonds is 5. The normalized spacial score (nSPS) is 10.8. The fourth-order valence-electron chi connectivity index (χ4n) is 1.87. The molecule has 2 rings (SSSR count). The van der Waals surface area contributed by atoms with E-state index in [0.29, 0.717) is 0 Å². The first-order valence-corrected chi connectivity index (χ1v) is 6.44. The maximum absolute atomic E-state index is 6.08. The number of aryl methyl sites for hydroxylation is 1. The summed E-state index contributed by atoms with van der Waals surface area (Å²) in [5.41, 5.74) is 3.27. The third-order valence-electron chi connectivity index (χ3n) is 2.80. The molecule has 0 saturated heterocycles. The Hall–Kier alpha value is -1.39. The van der Waals surface area contributed by atoms with E-state index in [9.17, 15) is 0 Å². The van der Waals surface area contributed by atoms with Crippen LogP contribution in [0.25, 0.3) is 11.3 Å². The third-order valence-corrected chi connectivity index (χ3v) is 3.04. The standard InChI is InChI=1S/C13H17ClN4/c1-3-6-15-8-10-4-5-11(14)7-12(10)13-9-16-17-18(13)2/h4-5,7,9,15H,3,6,8H2,1-2H3. The van der Waals surface area contributed by atoms with Gasteiger partial charge in [-0.25, -0.2) is 4.68 Å². The molecule has 0 saturated carbocycles. The van der Waals surface area contributed by atoms with Gasteiger partial charge in [0, 0.05) is 24.2 Å². The second-order valence-electron chi connectivity index (χ2n) is 4.22. The van der Waals surface area contributed by atoms with Crippen LogP contribution < -0.4 is 5.32 Å². The summed E-state index contributed by atoms with van der Waals surface area (Å²) in [5, 5.41) is 12.0. The summed E-state index contributed by atoms with van der Waals surface area (Å²) in [6.07, 6.45) is 2.88. The van der Waals surface area contributed by atoms with Crippen molar-refractivity contribution in [2.45, 2.75) is 19.9 Å². The molecule has 1 aromatic carbocycles. The monoisotopic (exact) mass is 264 g/mol. The molecule has 1 aromatic heterocycles. The Balaban J connectivity index is 2.32. The maximum atomic E-state index is 6.08. The average Bonchev–Trinajstić information content (AvgIpc) is 2.77. The molecule has 0 fully saturated rings. The summed E-state index contributed by atoms with van der Waals surface area (Å²) in [4.78, 5) is 0. The van der Waals surface area contributed by atoms with Gasteiger partial charge < -0.3 is 5.32 Å². The quantitative estimate of drug-likeness (QED) is 0.845. The fraction of sp³-hybridized carbons (Fsp3) is 0.385. The van der Waals surface area contributed by atoms with E-state index in [4.69, 9.17) is 11.6 Å². The Morgan fingerprint density at radius 1 is 1.39 bits per heavy atom. The third kappa shape index (κ3) is 2.89. The predicted octanol–water partition coefficient (Wildman–Crippen LogP) is 2.64. The van der Waals surface area contributed by atoms with Crippen molar-refractivity contribution >= 4 is 11.6 Å². The van der Waals surface area contributed by atoms with Crippen LogP contribution in [-0.4, -0.2) is 21.5 Å². The van der Waals surface area contributed by atoms with Crippen molar-refractivity contribution in [3.05, 3.63) is 35.0 Å². The van der Waals surface area contributed by atoms with Gasteiger partial charge in [-0.1, -0.05) is 29.8 Å². The van der Waals surface area contributed by atoms with E-state index in [0.717, 1.165) is 35.8 Å². The zero-order chi connectivity index (χ0) is 13.0. The molecule has 96 valence electrons. The van der Waals surface area contributed by atoms with Gasteiger partial charge in [0.1, 0.15) is 0 Å². The first kappa shape index (κ1) is 13.1. The predicted molar refractivity (Wildman–Crippen MR) is 73.4 cm³/mol. The number of benzene rings is 1. The number of halogens is 1. The molecule has 0 atom stereocenters. The Bertz CT molecular complexity index is 521.